The minimum absolute atomic E-state index is 0. The predicted octanol–water partition coefficient (Wildman–Crippen LogP) is 6.78. The van der Waals surface area contributed by atoms with Gasteiger partial charge in [0.2, 0.25) is 12.7 Å². The SMILES string of the molecule is Cc1cc2c(c(OC(=O)CC3CCCCC3)c1C)[C@@H]1C3Cc4c(O)c(C)c5c(c4[C@H](CNC(=O)CC4CCCCC4)N3[C@@H](C#N)[C@H](C2)N1C)OCO5.[Ac]. The molecule has 6 aliphatic rings. The fraction of sp³-hybridized carbons (Fsp3) is 0.643. The summed E-state index contributed by atoms with van der Waals surface area (Å²) in [7, 11) is 2.09. The molecule has 2 saturated carbocycles. The zero-order chi connectivity index (χ0) is 36.3. The van der Waals surface area contributed by atoms with E-state index in [2.05, 4.69) is 41.2 Å². The van der Waals surface area contributed by atoms with Crippen LogP contribution in [-0.2, 0) is 22.4 Å². The van der Waals surface area contributed by atoms with Gasteiger partial charge in [0, 0.05) is 97.8 Å². The van der Waals surface area contributed by atoms with E-state index in [1.165, 1.54) is 38.5 Å². The maximum atomic E-state index is 13.7. The molecule has 2 aliphatic carbocycles. The fourth-order valence-electron chi connectivity index (χ4n) is 10.7. The molecule has 5 atom stereocenters. The minimum Gasteiger partial charge on any atom is -0.507 e. The van der Waals surface area contributed by atoms with Crippen molar-refractivity contribution < 1.29 is 73.0 Å². The first-order valence-electron chi connectivity index (χ1n) is 19.8. The van der Waals surface area contributed by atoms with Crippen molar-refractivity contribution in [2.75, 3.05) is 20.4 Å². The average molecular weight is 938 g/mol. The normalized spacial score (nSPS) is 26.7. The van der Waals surface area contributed by atoms with E-state index in [4.69, 9.17) is 14.2 Å². The maximum absolute atomic E-state index is 13.7. The molecule has 1 amide bonds. The molecule has 0 aromatic heterocycles. The van der Waals surface area contributed by atoms with Gasteiger partial charge in [-0.2, -0.15) is 5.26 Å². The summed E-state index contributed by atoms with van der Waals surface area (Å²) in [6.45, 7) is 6.29. The van der Waals surface area contributed by atoms with E-state index < -0.39 is 12.1 Å². The number of benzene rings is 2. The summed E-state index contributed by atoms with van der Waals surface area (Å²) >= 11 is 0. The van der Waals surface area contributed by atoms with Crippen molar-refractivity contribution in [1.29, 1.82) is 5.26 Å². The van der Waals surface area contributed by atoms with Crippen LogP contribution < -0.4 is 19.5 Å². The number of phenols is 1. The van der Waals surface area contributed by atoms with Crippen molar-refractivity contribution in [2.45, 2.75) is 141 Å². The summed E-state index contributed by atoms with van der Waals surface area (Å²) < 4.78 is 18.5. The number of nitrogens with zero attached hydrogens (tertiary/aromatic N) is 3. The quantitative estimate of drug-likeness (QED) is 0.229. The molecule has 53 heavy (non-hydrogen) atoms. The number of ether oxygens (including phenoxy) is 3. The Hall–Kier alpha value is -2.37. The topological polar surface area (TPSA) is 124 Å². The Labute approximate surface area is 349 Å². The van der Waals surface area contributed by atoms with E-state index in [1.807, 2.05) is 13.8 Å². The zero-order valence-corrected chi connectivity index (χ0v) is 36.6. The summed E-state index contributed by atoms with van der Waals surface area (Å²) in [5.41, 5.74) is 6.35. The number of amides is 1. The second kappa shape index (κ2) is 16.0. The summed E-state index contributed by atoms with van der Waals surface area (Å²) in [4.78, 5) is 31.8. The van der Waals surface area contributed by atoms with E-state index in [0.717, 1.165) is 59.1 Å². The molecule has 2 aromatic rings. The smallest absolute Gasteiger partial charge is 0.311 e. The number of likely N-dealkylation sites (N-methyl/N-ethyl adjacent to an activating group) is 1. The third-order valence-electron chi connectivity index (χ3n) is 13.5. The van der Waals surface area contributed by atoms with Gasteiger partial charge >= 0.3 is 5.97 Å². The van der Waals surface area contributed by atoms with E-state index in [-0.39, 0.29) is 93.2 Å². The van der Waals surface area contributed by atoms with Crippen molar-refractivity contribution in [3.63, 3.8) is 0 Å². The summed E-state index contributed by atoms with van der Waals surface area (Å²) in [5.74, 6) is 2.54. The van der Waals surface area contributed by atoms with Crippen LogP contribution in [0.25, 0.3) is 0 Å². The number of nitrogens with one attached hydrogen (secondary N) is 1. The molecule has 1 unspecified atom stereocenters. The van der Waals surface area contributed by atoms with Crippen LogP contribution in [0, 0.1) is 88.0 Å². The third kappa shape index (κ3) is 7.02. The monoisotopic (exact) mass is 937 g/mol. The molecule has 1 radical (unpaired) electrons. The van der Waals surface area contributed by atoms with Crippen LogP contribution >= 0.6 is 0 Å². The van der Waals surface area contributed by atoms with Crippen LogP contribution in [0.5, 0.6) is 23.0 Å². The Bertz CT molecular complexity index is 1800. The third-order valence-corrected chi connectivity index (χ3v) is 13.5. The predicted molar refractivity (Wildman–Crippen MR) is 195 cm³/mol. The number of rotatable bonds is 7. The van der Waals surface area contributed by atoms with E-state index in [1.54, 1.807) is 0 Å². The standard InChI is InChI=1S/C42H54N4O6.Ac/c1-23-15-28-18-30-32(20-43)46-31(38(45(30)4)36(28)40(24(23)2)52-35(48)17-27-13-9-6-10-14-27)19-29-37(42-41(50-22-51-42)25(3)39(29)49)33(46)21-44-34(47)16-26-11-7-5-8-12-26;/h15,26-27,30-33,38,49H,5-14,16-19,21-22H2,1-4H3,(H,44,47);/t30-,31?,32-,33-,38-;/m0./s1. The number of piperazine rings is 1. The number of carbonyl (C=O) groups is 2. The zero-order valence-electron chi connectivity index (χ0n) is 31.8. The first kappa shape index (κ1) is 38.9. The molecule has 4 heterocycles. The molecule has 4 aliphatic heterocycles. The molecule has 0 spiro atoms. The second-order valence-corrected chi connectivity index (χ2v) is 16.5. The Morgan fingerprint density at radius 1 is 0.925 bits per heavy atom. The number of esters is 1. The molecule has 2 aromatic carbocycles. The van der Waals surface area contributed by atoms with E-state index in [0.29, 0.717) is 60.3 Å². The number of aryl methyl sites for hydroxylation is 1. The van der Waals surface area contributed by atoms with Crippen LogP contribution in [0.4, 0.5) is 0 Å². The van der Waals surface area contributed by atoms with Gasteiger partial charge < -0.3 is 24.6 Å². The summed E-state index contributed by atoms with van der Waals surface area (Å²) in [6.07, 6.45) is 13.4. The number of hydrogen-bond acceptors (Lipinski definition) is 9. The van der Waals surface area contributed by atoms with E-state index >= 15 is 0 Å². The number of nitriles is 1. The second-order valence-electron chi connectivity index (χ2n) is 16.5. The Balaban J connectivity index is 0.00000435. The number of hydrogen-bond donors (Lipinski definition) is 2. The molecule has 8 rings (SSSR count). The van der Waals surface area contributed by atoms with Crippen LogP contribution in [-0.4, -0.2) is 65.3 Å². The number of fused-ring (bicyclic) bond motifs is 9. The van der Waals surface area contributed by atoms with E-state index in [9.17, 15) is 20.0 Å². The molecule has 10 nitrogen and oxygen atoms in total. The first-order valence-corrected chi connectivity index (χ1v) is 19.8. The Kier molecular flexibility index (Phi) is 11.7. The molecule has 2 bridgehead atoms. The van der Waals surface area contributed by atoms with Crippen LogP contribution in [0.1, 0.15) is 128 Å². The van der Waals surface area contributed by atoms with Crippen LogP contribution in [0.3, 0.4) is 0 Å². The van der Waals surface area contributed by atoms with Crippen LogP contribution in [0.15, 0.2) is 6.07 Å². The fourth-order valence-corrected chi connectivity index (χ4v) is 10.7. The number of phenolic OH excluding ortho intramolecular Hbond substituents is 1. The van der Waals surface area contributed by atoms with Gasteiger partial charge in [0.15, 0.2) is 11.5 Å². The Morgan fingerprint density at radius 3 is 2.26 bits per heavy atom. The van der Waals surface area contributed by atoms with Crippen molar-refractivity contribution in [2.24, 2.45) is 11.8 Å². The van der Waals surface area contributed by atoms with Gasteiger partial charge in [-0.05, 0) is 94.9 Å². The van der Waals surface area contributed by atoms with Gasteiger partial charge in [0.05, 0.1) is 18.2 Å². The number of aromatic hydroxyl groups is 1. The first-order chi connectivity index (χ1) is 25.2. The summed E-state index contributed by atoms with van der Waals surface area (Å²) in [5, 5.41) is 26.1. The van der Waals surface area contributed by atoms with Crippen molar-refractivity contribution in [3.05, 3.63) is 45.0 Å². The molecule has 1 saturated heterocycles. The molecule has 11 heteroatoms. The van der Waals surface area contributed by atoms with Crippen molar-refractivity contribution in [1.82, 2.24) is 15.1 Å². The molecule has 281 valence electrons. The van der Waals surface area contributed by atoms with Gasteiger partial charge in [-0.1, -0.05) is 44.6 Å². The molecular weight excluding hydrogens is 883 g/mol. The van der Waals surface area contributed by atoms with Crippen molar-refractivity contribution in [3.8, 4) is 29.1 Å². The molecular formula is C42H54AcN4O6. The van der Waals surface area contributed by atoms with Gasteiger partial charge in [-0.15, -0.1) is 0 Å². The molecule has 3 fully saturated rings. The summed E-state index contributed by atoms with van der Waals surface area (Å²) in [6, 6.07) is 3.34. The van der Waals surface area contributed by atoms with Crippen molar-refractivity contribution >= 4 is 11.9 Å². The maximum Gasteiger partial charge on any atom is 0.311 e. The number of carbonyl (C=O) groups excluding carboxylic acids is 2. The average Bonchev–Trinajstić information content (AvgIpc) is 3.63. The largest absolute Gasteiger partial charge is 0.507 e. The van der Waals surface area contributed by atoms with Gasteiger partial charge in [0.25, 0.3) is 0 Å². The van der Waals surface area contributed by atoms with Gasteiger partial charge in [0.1, 0.15) is 17.5 Å². The van der Waals surface area contributed by atoms with Gasteiger partial charge in [-0.25, -0.2) is 0 Å². The molecule has 2 N–H and O–H groups in total. The van der Waals surface area contributed by atoms with Crippen LogP contribution in [0.2, 0.25) is 0 Å². The van der Waals surface area contributed by atoms with Gasteiger partial charge in [-0.3, -0.25) is 19.4 Å². The Morgan fingerprint density at radius 2 is 1.58 bits per heavy atom. The minimum atomic E-state index is -0.506.